The van der Waals surface area contributed by atoms with Crippen molar-refractivity contribution < 1.29 is 4.74 Å². The Bertz CT molecular complexity index is 394. The standard InChI is InChI=1S/C14H19NO/c1-11-6-5-7-12-13(11)15-10-14(16-12)8-3-2-4-9-14/h5-7,15H,2-4,8-10H2,1H3. The molecule has 0 amide bonds. The zero-order valence-electron chi connectivity index (χ0n) is 9.88. The summed E-state index contributed by atoms with van der Waals surface area (Å²) in [7, 11) is 0. The highest BCUT2D eigenvalue weighted by Crippen LogP contribution is 2.41. The smallest absolute Gasteiger partial charge is 0.143 e. The van der Waals surface area contributed by atoms with Gasteiger partial charge in [-0.05, 0) is 44.2 Å². The van der Waals surface area contributed by atoms with E-state index in [-0.39, 0.29) is 5.60 Å². The molecular weight excluding hydrogens is 198 g/mol. The van der Waals surface area contributed by atoms with Gasteiger partial charge in [0.2, 0.25) is 0 Å². The van der Waals surface area contributed by atoms with Crippen molar-refractivity contribution in [2.75, 3.05) is 11.9 Å². The molecule has 2 heteroatoms. The van der Waals surface area contributed by atoms with Crippen molar-refractivity contribution in [2.45, 2.75) is 44.6 Å². The highest BCUT2D eigenvalue weighted by molar-refractivity contribution is 5.63. The van der Waals surface area contributed by atoms with Gasteiger partial charge in [-0.2, -0.15) is 0 Å². The number of nitrogens with one attached hydrogen (secondary N) is 1. The fraction of sp³-hybridized carbons (Fsp3) is 0.571. The van der Waals surface area contributed by atoms with Crippen LogP contribution in [0.2, 0.25) is 0 Å². The first kappa shape index (κ1) is 10.0. The SMILES string of the molecule is Cc1cccc2c1NCC1(CCCCC1)O2. The van der Waals surface area contributed by atoms with Gasteiger partial charge in [-0.15, -0.1) is 0 Å². The molecule has 0 unspecified atom stereocenters. The van der Waals surface area contributed by atoms with Crippen LogP contribution in [0, 0.1) is 6.92 Å². The highest BCUT2D eigenvalue weighted by atomic mass is 16.5. The largest absolute Gasteiger partial charge is 0.483 e. The number of hydrogen-bond acceptors (Lipinski definition) is 2. The van der Waals surface area contributed by atoms with E-state index >= 15 is 0 Å². The zero-order chi connectivity index (χ0) is 11.0. The van der Waals surface area contributed by atoms with E-state index in [1.54, 1.807) is 0 Å². The summed E-state index contributed by atoms with van der Waals surface area (Å²) in [4.78, 5) is 0. The van der Waals surface area contributed by atoms with Crippen LogP contribution in [0.1, 0.15) is 37.7 Å². The Morgan fingerprint density at radius 3 is 2.81 bits per heavy atom. The summed E-state index contributed by atoms with van der Waals surface area (Å²) in [5.74, 6) is 1.05. The first-order valence-corrected chi connectivity index (χ1v) is 6.32. The summed E-state index contributed by atoms with van der Waals surface area (Å²) < 4.78 is 6.28. The minimum atomic E-state index is 0.0824. The van der Waals surface area contributed by atoms with Crippen LogP contribution in [0.15, 0.2) is 18.2 Å². The monoisotopic (exact) mass is 217 g/mol. The molecule has 2 aliphatic rings. The van der Waals surface area contributed by atoms with Crippen LogP contribution in [0.5, 0.6) is 5.75 Å². The quantitative estimate of drug-likeness (QED) is 0.718. The van der Waals surface area contributed by atoms with Crippen LogP contribution in [-0.4, -0.2) is 12.1 Å². The number of ether oxygens (including phenoxy) is 1. The van der Waals surface area contributed by atoms with Crippen LogP contribution < -0.4 is 10.1 Å². The Labute approximate surface area is 97.0 Å². The van der Waals surface area contributed by atoms with E-state index < -0.39 is 0 Å². The molecule has 3 rings (SSSR count). The van der Waals surface area contributed by atoms with Crippen LogP contribution in [0.3, 0.4) is 0 Å². The third-order valence-electron chi connectivity index (χ3n) is 3.91. The molecule has 1 heterocycles. The lowest BCUT2D eigenvalue weighted by atomic mass is 9.83. The summed E-state index contributed by atoms with van der Waals surface area (Å²) in [6, 6.07) is 6.30. The molecule has 1 fully saturated rings. The lowest BCUT2D eigenvalue weighted by molar-refractivity contribution is 0.0369. The maximum absolute atomic E-state index is 6.28. The molecule has 1 aliphatic carbocycles. The molecule has 1 saturated carbocycles. The second kappa shape index (κ2) is 3.69. The molecule has 1 N–H and O–H groups in total. The minimum Gasteiger partial charge on any atom is -0.483 e. The van der Waals surface area contributed by atoms with E-state index in [0.29, 0.717) is 0 Å². The van der Waals surface area contributed by atoms with Gasteiger partial charge in [0.1, 0.15) is 11.4 Å². The lowest BCUT2D eigenvalue weighted by Gasteiger charge is -2.42. The van der Waals surface area contributed by atoms with Gasteiger partial charge in [-0.3, -0.25) is 0 Å². The molecule has 86 valence electrons. The van der Waals surface area contributed by atoms with E-state index in [0.717, 1.165) is 12.3 Å². The average molecular weight is 217 g/mol. The van der Waals surface area contributed by atoms with Crippen LogP contribution in [0.4, 0.5) is 5.69 Å². The Morgan fingerprint density at radius 1 is 1.19 bits per heavy atom. The minimum absolute atomic E-state index is 0.0824. The van der Waals surface area contributed by atoms with Crippen molar-refractivity contribution in [2.24, 2.45) is 0 Å². The number of anilines is 1. The maximum atomic E-state index is 6.28. The molecule has 0 radical (unpaired) electrons. The van der Waals surface area contributed by atoms with Gasteiger partial charge in [0.15, 0.2) is 0 Å². The molecule has 1 aromatic carbocycles. The third kappa shape index (κ3) is 1.57. The van der Waals surface area contributed by atoms with Gasteiger partial charge in [0.25, 0.3) is 0 Å². The first-order valence-electron chi connectivity index (χ1n) is 6.32. The fourth-order valence-corrected chi connectivity index (χ4v) is 2.95. The Balaban J connectivity index is 1.91. The van der Waals surface area contributed by atoms with Crippen LogP contribution in [-0.2, 0) is 0 Å². The highest BCUT2D eigenvalue weighted by Gasteiger charge is 2.37. The molecule has 0 bridgehead atoms. The van der Waals surface area contributed by atoms with E-state index in [9.17, 15) is 0 Å². The Kier molecular flexibility index (Phi) is 2.31. The summed E-state index contributed by atoms with van der Waals surface area (Å²) in [5.41, 5.74) is 2.56. The topological polar surface area (TPSA) is 21.3 Å². The lowest BCUT2D eigenvalue weighted by Crippen LogP contribution is -2.47. The van der Waals surface area contributed by atoms with Crippen molar-refractivity contribution >= 4 is 5.69 Å². The Hall–Kier alpha value is -1.18. The molecule has 0 atom stereocenters. The maximum Gasteiger partial charge on any atom is 0.143 e. The van der Waals surface area contributed by atoms with Crippen molar-refractivity contribution in [3.63, 3.8) is 0 Å². The zero-order valence-corrected chi connectivity index (χ0v) is 9.88. The second-order valence-corrected chi connectivity index (χ2v) is 5.15. The van der Waals surface area contributed by atoms with Crippen molar-refractivity contribution in [1.82, 2.24) is 0 Å². The fourth-order valence-electron chi connectivity index (χ4n) is 2.95. The van der Waals surface area contributed by atoms with E-state index in [1.165, 1.54) is 43.4 Å². The number of rotatable bonds is 0. The van der Waals surface area contributed by atoms with Gasteiger partial charge in [0.05, 0.1) is 12.2 Å². The number of hydrogen-bond donors (Lipinski definition) is 1. The average Bonchev–Trinajstić information content (AvgIpc) is 2.30. The summed E-state index contributed by atoms with van der Waals surface area (Å²) >= 11 is 0. The third-order valence-corrected chi connectivity index (χ3v) is 3.91. The van der Waals surface area contributed by atoms with Crippen molar-refractivity contribution in [3.05, 3.63) is 23.8 Å². The number of benzene rings is 1. The van der Waals surface area contributed by atoms with E-state index in [2.05, 4.69) is 30.4 Å². The van der Waals surface area contributed by atoms with Gasteiger partial charge in [0, 0.05) is 0 Å². The summed E-state index contributed by atoms with van der Waals surface area (Å²) in [6.07, 6.45) is 6.39. The van der Waals surface area contributed by atoms with E-state index in [1.807, 2.05) is 0 Å². The molecule has 2 nitrogen and oxygen atoms in total. The predicted molar refractivity (Wildman–Crippen MR) is 66.1 cm³/mol. The second-order valence-electron chi connectivity index (χ2n) is 5.15. The van der Waals surface area contributed by atoms with Gasteiger partial charge >= 0.3 is 0 Å². The molecule has 1 aliphatic heterocycles. The van der Waals surface area contributed by atoms with Crippen molar-refractivity contribution in [3.8, 4) is 5.75 Å². The number of aryl methyl sites for hydroxylation is 1. The van der Waals surface area contributed by atoms with Gasteiger partial charge in [-0.25, -0.2) is 0 Å². The van der Waals surface area contributed by atoms with Crippen molar-refractivity contribution in [1.29, 1.82) is 0 Å². The van der Waals surface area contributed by atoms with Gasteiger partial charge < -0.3 is 10.1 Å². The number of fused-ring (bicyclic) bond motifs is 1. The first-order chi connectivity index (χ1) is 7.79. The molecular formula is C14H19NO. The molecule has 1 aromatic rings. The molecule has 0 aromatic heterocycles. The molecule has 0 saturated heterocycles. The van der Waals surface area contributed by atoms with Crippen LogP contribution in [0.25, 0.3) is 0 Å². The van der Waals surface area contributed by atoms with Gasteiger partial charge in [-0.1, -0.05) is 18.6 Å². The summed E-state index contributed by atoms with van der Waals surface area (Å²) in [5, 5.41) is 3.57. The molecule has 16 heavy (non-hydrogen) atoms. The number of para-hydroxylation sites is 1. The molecule has 1 spiro atoms. The van der Waals surface area contributed by atoms with E-state index in [4.69, 9.17) is 4.74 Å². The predicted octanol–water partition coefficient (Wildman–Crippen LogP) is 3.50. The van der Waals surface area contributed by atoms with Crippen LogP contribution >= 0.6 is 0 Å². The Morgan fingerprint density at radius 2 is 2.00 bits per heavy atom. The normalized spacial score (nSPS) is 22.1. The summed E-state index contributed by atoms with van der Waals surface area (Å²) in [6.45, 7) is 3.11.